The maximum atomic E-state index is 4.59. The first kappa shape index (κ1) is 13.7. The lowest BCUT2D eigenvalue weighted by Gasteiger charge is -2.16. The normalized spacial score (nSPS) is 11.1. The average Bonchev–Trinajstić information content (AvgIpc) is 2.27. The summed E-state index contributed by atoms with van der Waals surface area (Å²) in [6.45, 7) is 11.6. The van der Waals surface area contributed by atoms with E-state index in [0.717, 1.165) is 29.6 Å². The Morgan fingerprint density at radius 1 is 1.06 bits per heavy atom. The third kappa shape index (κ3) is 3.58. The van der Waals surface area contributed by atoms with Crippen LogP contribution in [0.2, 0.25) is 0 Å². The van der Waals surface area contributed by atoms with Crippen molar-refractivity contribution in [3.05, 3.63) is 11.4 Å². The van der Waals surface area contributed by atoms with Gasteiger partial charge < -0.3 is 10.6 Å². The highest BCUT2D eigenvalue weighted by atomic mass is 15.1. The van der Waals surface area contributed by atoms with Gasteiger partial charge in [-0.3, -0.25) is 0 Å². The zero-order valence-corrected chi connectivity index (χ0v) is 11.8. The molecular weight excluding hydrogens is 212 g/mol. The Morgan fingerprint density at radius 2 is 1.65 bits per heavy atom. The Kier molecular flexibility index (Phi) is 4.73. The molecule has 0 bridgehead atoms. The largest absolute Gasteiger partial charge is 0.373 e. The molecule has 96 valence electrons. The zero-order valence-electron chi connectivity index (χ0n) is 11.8. The van der Waals surface area contributed by atoms with E-state index in [9.17, 15) is 0 Å². The predicted molar refractivity (Wildman–Crippen MR) is 73.7 cm³/mol. The smallest absolute Gasteiger partial charge is 0.135 e. The average molecular weight is 236 g/mol. The second-order valence-electron chi connectivity index (χ2n) is 5.08. The molecule has 0 aliphatic carbocycles. The van der Waals surface area contributed by atoms with E-state index in [1.807, 2.05) is 14.0 Å². The van der Waals surface area contributed by atoms with E-state index in [2.05, 4.69) is 48.3 Å². The minimum Gasteiger partial charge on any atom is -0.373 e. The second-order valence-corrected chi connectivity index (χ2v) is 5.08. The van der Waals surface area contributed by atoms with Gasteiger partial charge in [0.15, 0.2) is 0 Å². The summed E-state index contributed by atoms with van der Waals surface area (Å²) in [6.07, 6.45) is 0. The van der Waals surface area contributed by atoms with Crippen molar-refractivity contribution in [2.24, 2.45) is 5.92 Å². The topological polar surface area (TPSA) is 49.8 Å². The Balaban J connectivity index is 3.04. The minimum absolute atomic E-state index is 0.335. The third-order valence-corrected chi connectivity index (χ3v) is 2.59. The lowest BCUT2D eigenvalue weighted by molar-refractivity contribution is 0.683. The Morgan fingerprint density at radius 3 is 2.12 bits per heavy atom. The fourth-order valence-electron chi connectivity index (χ4n) is 1.51. The Bertz CT molecular complexity index is 372. The molecule has 0 unspecified atom stereocenters. The summed E-state index contributed by atoms with van der Waals surface area (Å²) in [7, 11) is 1.89. The van der Waals surface area contributed by atoms with Crippen molar-refractivity contribution in [2.75, 3.05) is 24.2 Å². The van der Waals surface area contributed by atoms with Crippen molar-refractivity contribution in [2.45, 2.75) is 40.5 Å². The van der Waals surface area contributed by atoms with Crippen LogP contribution in [0.4, 0.5) is 11.6 Å². The molecule has 17 heavy (non-hydrogen) atoms. The molecule has 2 N–H and O–H groups in total. The first-order chi connectivity index (χ1) is 7.95. The highest BCUT2D eigenvalue weighted by molar-refractivity contribution is 5.57. The second kappa shape index (κ2) is 5.84. The number of nitrogens with zero attached hydrogens (tertiary/aromatic N) is 2. The van der Waals surface area contributed by atoms with Crippen LogP contribution in [-0.2, 0) is 0 Å². The molecule has 0 saturated heterocycles. The summed E-state index contributed by atoms with van der Waals surface area (Å²) in [5.74, 6) is 3.68. The van der Waals surface area contributed by atoms with Crippen LogP contribution in [0.3, 0.4) is 0 Å². The fraction of sp³-hybridized carbons (Fsp3) is 0.692. The van der Waals surface area contributed by atoms with E-state index in [-0.39, 0.29) is 0 Å². The van der Waals surface area contributed by atoms with Crippen LogP contribution >= 0.6 is 0 Å². The van der Waals surface area contributed by atoms with Crippen molar-refractivity contribution in [1.82, 2.24) is 9.97 Å². The molecule has 0 fully saturated rings. The lowest BCUT2D eigenvalue weighted by atomic mass is 10.2. The Hall–Kier alpha value is -1.32. The summed E-state index contributed by atoms with van der Waals surface area (Å²) in [4.78, 5) is 9.11. The summed E-state index contributed by atoms with van der Waals surface area (Å²) >= 11 is 0. The molecule has 0 radical (unpaired) electrons. The van der Waals surface area contributed by atoms with Gasteiger partial charge in [0.25, 0.3) is 0 Å². The van der Waals surface area contributed by atoms with Crippen LogP contribution in [0, 0.1) is 12.8 Å². The number of aromatic nitrogens is 2. The van der Waals surface area contributed by atoms with E-state index >= 15 is 0 Å². The molecule has 0 aliphatic rings. The van der Waals surface area contributed by atoms with Gasteiger partial charge >= 0.3 is 0 Å². The lowest BCUT2D eigenvalue weighted by Crippen LogP contribution is -2.14. The number of rotatable bonds is 5. The van der Waals surface area contributed by atoms with Crippen LogP contribution in [0.5, 0.6) is 0 Å². The number of nitrogens with one attached hydrogen (secondary N) is 2. The number of anilines is 2. The van der Waals surface area contributed by atoms with E-state index in [0.29, 0.717) is 11.8 Å². The maximum Gasteiger partial charge on any atom is 0.135 e. The molecule has 1 aromatic rings. The molecule has 1 rings (SSSR count). The minimum atomic E-state index is 0.335. The molecule has 1 aromatic heterocycles. The predicted octanol–water partition coefficient (Wildman–Crippen LogP) is 3.02. The van der Waals surface area contributed by atoms with Gasteiger partial charge in [-0.25, -0.2) is 9.97 Å². The van der Waals surface area contributed by atoms with Crippen LogP contribution < -0.4 is 10.6 Å². The van der Waals surface area contributed by atoms with Gasteiger partial charge in [-0.1, -0.05) is 27.7 Å². The van der Waals surface area contributed by atoms with Crippen LogP contribution in [0.15, 0.2) is 0 Å². The molecule has 0 atom stereocenters. The van der Waals surface area contributed by atoms with Gasteiger partial charge in [-0.2, -0.15) is 0 Å². The zero-order chi connectivity index (χ0) is 13.0. The van der Waals surface area contributed by atoms with Gasteiger partial charge in [-0.15, -0.1) is 0 Å². The summed E-state index contributed by atoms with van der Waals surface area (Å²) in [5, 5.41) is 6.52. The fourth-order valence-corrected chi connectivity index (χ4v) is 1.51. The van der Waals surface area contributed by atoms with Crippen molar-refractivity contribution >= 4 is 11.6 Å². The summed E-state index contributed by atoms with van der Waals surface area (Å²) < 4.78 is 0. The van der Waals surface area contributed by atoms with Gasteiger partial charge in [0, 0.05) is 25.1 Å². The summed E-state index contributed by atoms with van der Waals surface area (Å²) in [5.41, 5.74) is 1.08. The molecule has 0 amide bonds. The SMILES string of the molecule is CNc1nc(C(C)C)nc(NCC(C)C)c1C. The molecule has 0 aliphatic heterocycles. The number of hydrogen-bond donors (Lipinski definition) is 2. The summed E-state index contributed by atoms with van der Waals surface area (Å²) in [6, 6.07) is 0. The third-order valence-electron chi connectivity index (χ3n) is 2.59. The Labute approximate surface area is 104 Å². The molecule has 0 spiro atoms. The molecule has 4 heteroatoms. The van der Waals surface area contributed by atoms with Gasteiger partial charge in [0.1, 0.15) is 17.5 Å². The van der Waals surface area contributed by atoms with E-state index < -0.39 is 0 Å². The van der Waals surface area contributed by atoms with E-state index in [1.54, 1.807) is 0 Å². The van der Waals surface area contributed by atoms with Crippen LogP contribution in [0.25, 0.3) is 0 Å². The molecule has 0 saturated carbocycles. The molecule has 0 aromatic carbocycles. The molecule has 1 heterocycles. The maximum absolute atomic E-state index is 4.59. The number of hydrogen-bond acceptors (Lipinski definition) is 4. The van der Waals surface area contributed by atoms with Crippen molar-refractivity contribution in [1.29, 1.82) is 0 Å². The van der Waals surface area contributed by atoms with Crippen molar-refractivity contribution in [3.63, 3.8) is 0 Å². The van der Waals surface area contributed by atoms with Crippen LogP contribution in [0.1, 0.15) is 45.0 Å². The first-order valence-electron chi connectivity index (χ1n) is 6.25. The van der Waals surface area contributed by atoms with E-state index in [4.69, 9.17) is 0 Å². The monoisotopic (exact) mass is 236 g/mol. The highest BCUT2D eigenvalue weighted by Crippen LogP contribution is 2.22. The standard InChI is InChI=1S/C13H24N4/c1-8(2)7-15-13-10(5)12(14-6)16-11(17-13)9(3)4/h8-9H,7H2,1-6H3,(H2,14,15,16,17). The van der Waals surface area contributed by atoms with Gasteiger partial charge in [0.05, 0.1) is 0 Å². The van der Waals surface area contributed by atoms with Gasteiger partial charge in [-0.05, 0) is 12.8 Å². The highest BCUT2D eigenvalue weighted by Gasteiger charge is 2.12. The van der Waals surface area contributed by atoms with E-state index in [1.165, 1.54) is 0 Å². The quantitative estimate of drug-likeness (QED) is 0.825. The molecule has 4 nitrogen and oxygen atoms in total. The van der Waals surface area contributed by atoms with Crippen molar-refractivity contribution in [3.8, 4) is 0 Å². The van der Waals surface area contributed by atoms with Crippen LogP contribution in [-0.4, -0.2) is 23.6 Å². The van der Waals surface area contributed by atoms with Gasteiger partial charge in [0.2, 0.25) is 0 Å². The molecular formula is C13H24N4. The van der Waals surface area contributed by atoms with Crippen molar-refractivity contribution < 1.29 is 0 Å². The first-order valence-corrected chi connectivity index (χ1v) is 6.25.